The van der Waals surface area contributed by atoms with Crippen LogP contribution in [-0.2, 0) is 9.59 Å². The lowest BCUT2D eigenvalue weighted by molar-refractivity contribution is -0.123. The summed E-state index contributed by atoms with van der Waals surface area (Å²) in [6.07, 6.45) is 0. The second-order valence-electron chi connectivity index (χ2n) is 5.87. The van der Waals surface area contributed by atoms with Crippen molar-refractivity contribution in [2.45, 2.75) is 6.92 Å². The zero-order chi connectivity index (χ0) is 18.8. The van der Waals surface area contributed by atoms with Gasteiger partial charge in [0.25, 0.3) is 5.91 Å². The molecule has 0 atom stereocenters. The second-order valence-corrected chi connectivity index (χ2v) is 6.90. The van der Waals surface area contributed by atoms with Crippen LogP contribution in [0.3, 0.4) is 0 Å². The minimum atomic E-state index is -0.316. The summed E-state index contributed by atoms with van der Waals surface area (Å²) in [4.78, 5) is 30.5. The Bertz CT molecular complexity index is 1020. The first-order valence-corrected chi connectivity index (χ1v) is 9.31. The van der Waals surface area contributed by atoms with Gasteiger partial charge in [0.1, 0.15) is 18.0 Å². The third-order valence-corrected chi connectivity index (χ3v) is 4.96. The van der Waals surface area contributed by atoms with E-state index >= 15 is 0 Å². The number of fused-ring (bicyclic) bond motifs is 2. The highest BCUT2D eigenvalue weighted by Crippen LogP contribution is 2.32. The molecule has 2 aromatic carbocycles. The Balaban J connectivity index is 1.49. The number of nitrogens with one attached hydrogen (secondary N) is 1. The average Bonchev–Trinajstić information content (AvgIpc) is 3.06. The summed E-state index contributed by atoms with van der Waals surface area (Å²) in [6.45, 7) is 2.33. The molecule has 1 aliphatic heterocycles. The number of benzene rings is 2. The monoisotopic (exact) mass is 383 g/mol. The minimum Gasteiger partial charge on any atom is -0.494 e. The molecule has 2 heterocycles. The third-order valence-electron chi connectivity index (χ3n) is 4.03. The molecule has 0 bridgehead atoms. The standard InChI is InChI=1S/C19H17N3O4S/c1-2-25-12-7-8-13-16(9-12)27-19(20-13)21-17(23)10-22-14-5-3-4-6-15(14)26-11-18(22)24/h3-9H,2,10-11H2,1H3,(H,20,21,23). The van der Waals surface area contributed by atoms with Crippen molar-refractivity contribution in [3.05, 3.63) is 42.5 Å². The van der Waals surface area contributed by atoms with Crippen molar-refractivity contribution < 1.29 is 19.1 Å². The summed E-state index contributed by atoms with van der Waals surface area (Å²) < 4.78 is 11.8. The van der Waals surface area contributed by atoms with Crippen molar-refractivity contribution in [1.29, 1.82) is 0 Å². The van der Waals surface area contributed by atoms with E-state index in [1.54, 1.807) is 18.2 Å². The number of hydrogen-bond acceptors (Lipinski definition) is 6. The van der Waals surface area contributed by atoms with Gasteiger partial charge in [0.05, 0.1) is 22.5 Å². The number of thiazole rings is 1. The molecule has 27 heavy (non-hydrogen) atoms. The van der Waals surface area contributed by atoms with E-state index in [0.29, 0.717) is 23.2 Å². The molecule has 1 aromatic heterocycles. The molecular weight excluding hydrogens is 366 g/mol. The molecule has 0 spiro atoms. The first kappa shape index (κ1) is 17.3. The van der Waals surface area contributed by atoms with Gasteiger partial charge in [-0.3, -0.25) is 14.5 Å². The SMILES string of the molecule is CCOc1ccc2nc(NC(=O)CN3C(=O)COc4ccccc43)sc2c1. The van der Waals surface area contributed by atoms with E-state index in [-0.39, 0.29) is 25.0 Å². The number of carbonyl (C=O) groups is 2. The summed E-state index contributed by atoms with van der Waals surface area (Å²) in [7, 11) is 0. The molecule has 138 valence electrons. The fraction of sp³-hybridized carbons (Fsp3) is 0.211. The van der Waals surface area contributed by atoms with Crippen LogP contribution in [0.5, 0.6) is 11.5 Å². The fourth-order valence-corrected chi connectivity index (χ4v) is 3.76. The van der Waals surface area contributed by atoms with E-state index in [9.17, 15) is 9.59 Å². The van der Waals surface area contributed by atoms with E-state index in [2.05, 4.69) is 10.3 Å². The number of para-hydroxylation sites is 2. The lowest BCUT2D eigenvalue weighted by Crippen LogP contribution is -2.43. The van der Waals surface area contributed by atoms with Crippen molar-refractivity contribution in [3.63, 3.8) is 0 Å². The molecule has 2 amide bonds. The van der Waals surface area contributed by atoms with Gasteiger partial charge < -0.3 is 14.8 Å². The Hall–Kier alpha value is -3.13. The highest BCUT2D eigenvalue weighted by Gasteiger charge is 2.27. The van der Waals surface area contributed by atoms with Crippen LogP contribution in [0.2, 0.25) is 0 Å². The first-order valence-electron chi connectivity index (χ1n) is 8.49. The van der Waals surface area contributed by atoms with Crippen LogP contribution < -0.4 is 19.7 Å². The van der Waals surface area contributed by atoms with Crippen LogP contribution in [0.4, 0.5) is 10.8 Å². The predicted octanol–water partition coefficient (Wildman–Crippen LogP) is 3.06. The van der Waals surface area contributed by atoms with Crippen LogP contribution in [-0.4, -0.2) is 36.6 Å². The predicted molar refractivity (Wildman–Crippen MR) is 104 cm³/mol. The maximum Gasteiger partial charge on any atom is 0.265 e. The maximum absolute atomic E-state index is 12.5. The zero-order valence-corrected chi connectivity index (χ0v) is 15.4. The number of amides is 2. The Morgan fingerprint density at radius 1 is 1.33 bits per heavy atom. The van der Waals surface area contributed by atoms with Crippen LogP contribution in [0.25, 0.3) is 10.2 Å². The van der Waals surface area contributed by atoms with Gasteiger partial charge >= 0.3 is 0 Å². The van der Waals surface area contributed by atoms with Gasteiger partial charge in [-0.25, -0.2) is 4.98 Å². The maximum atomic E-state index is 12.5. The highest BCUT2D eigenvalue weighted by molar-refractivity contribution is 7.22. The Labute approximate surface area is 159 Å². The molecular formula is C19H17N3O4S. The summed E-state index contributed by atoms with van der Waals surface area (Å²) in [5, 5.41) is 3.26. The Morgan fingerprint density at radius 2 is 2.19 bits per heavy atom. The highest BCUT2D eigenvalue weighted by atomic mass is 32.1. The Morgan fingerprint density at radius 3 is 3.04 bits per heavy atom. The normalized spacial score (nSPS) is 13.2. The van der Waals surface area contributed by atoms with Crippen LogP contribution in [0, 0.1) is 0 Å². The number of anilines is 2. The van der Waals surface area contributed by atoms with Gasteiger partial charge in [0.2, 0.25) is 5.91 Å². The topological polar surface area (TPSA) is 80.8 Å². The lowest BCUT2D eigenvalue weighted by atomic mass is 10.2. The van der Waals surface area contributed by atoms with Crippen LogP contribution >= 0.6 is 11.3 Å². The van der Waals surface area contributed by atoms with Crippen molar-refractivity contribution >= 4 is 44.2 Å². The molecule has 0 saturated carbocycles. The quantitative estimate of drug-likeness (QED) is 0.732. The van der Waals surface area contributed by atoms with E-state index in [0.717, 1.165) is 16.0 Å². The molecule has 0 radical (unpaired) electrons. The molecule has 0 unspecified atom stereocenters. The summed E-state index contributed by atoms with van der Waals surface area (Å²) in [6, 6.07) is 12.8. The third kappa shape index (κ3) is 3.56. The molecule has 0 fully saturated rings. The van der Waals surface area contributed by atoms with Gasteiger partial charge in [-0.1, -0.05) is 23.5 Å². The van der Waals surface area contributed by atoms with Gasteiger partial charge in [-0.15, -0.1) is 0 Å². The van der Waals surface area contributed by atoms with Gasteiger partial charge in [-0.2, -0.15) is 0 Å². The molecule has 8 heteroatoms. The van der Waals surface area contributed by atoms with Crippen LogP contribution in [0.1, 0.15) is 6.92 Å². The molecule has 7 nitrogen and oxygen atoms in total. The zero-order valence-electron chi connectivity index (χ0n) is 14.6. The van der Waals surface area contributed by atoms with Crippen molar-refractivity contribution in [3.8, 4) is 11.5 Å². The second kappa shape index (κ2) is 7.24. The average molecular weight is 383 g/mol. The summed E-state index contributed by atoms with van der Waals surface area (Å²) >= 11 is 1.36. The van der Waals surface area contributed by atoms with E-state index in [1.807, 2.05) is 31.2 Å². The van der Waals surface area contributed by atoms with Crippen molar-refractivity contribution in [2.75, 3.05) is 30.0 Å². The van der Waals surface area contributed by atoms with E-state index < -0.39 is 0 Å². The van der Waals surface area contributed by atoms with E-state index in [4.69, 9.17) is 9.47 Å². The number of hydrogen-bond donors (Lipinski definition) is 1. The molecule has 0 saturated heterocycles. The number of carbonyl (C=O) groups excluding carboxylic acids is 2. The molecule has 4 rings (SSSR count). The molecule has 1 N–H and O–H groups in total. The molecule has 0 aliphatic carbocycles. The number of rotatable bonds is 5. The Kier molecular flexibility index (Phi) is 4.64. The van der Waals surface area contributed by atoms with Gasteiger partial charge in [-0.05, 0) is 37.3 Å². The van der Waals surface area contributed by atoms with Crippen molar-refractivity contribution in [1.82, 2.24) is 4.98 Å². The summed E-state index contributed by atoms with van der Waals surface area (Å²) in [5.74, 6) is 0.786. The largest absolute Gasteiger partial charge is 0.494 e. The lowest BCUT2D eigenvalue weighted by Gasteiger charge is -2.28. The van der Waals surface area contributed by atoms with Crippen LogP contribution in [0.15, 0.2) is 42.5 Å². The molecule has 1 aliphatic rings. The van der Waals surface area contributed by atoms with Gasteiger partial charge in [0.15, 0.2) is 11.7 Å². The van der Waals surface area contributed by atoms with E-state index in [1.165, 1.54) is 16.2 Å². The smallest absolute Gasteiger partial charge is 0.265 e. The number of aromatic nitrogens is 1. The van der Waals surface area contributed by atoms with Gasteiger partial charge in [0, 0.05) is 0 Å². The molecule has 3 aromatic rings. The number of ether oxygens (including phenoxy) is 2. The van der Waals surface area contributed by atoms with Crippen molar-refractivity contribution in [2.24, 2.45) is 0 Å². The first-order chi connectivity index (χ1) is 13.1. The fourth-order valence-electron chi connectivity index (χ4n) is 2.84. The minimum absolute atomic E-state index is 0.0777. The number of nitrogens with zero attached hydrogens (tertiary/aromatic N) is 2. The summed E-state index contributed by atoms with van der Waals surface area (Å²) in [5.41, 5.74) is 1.38.